The summed E-state index contributed by atoms with van der Waals surface area (Å²) in [5.41, 5.74) is 0. The van der Waals surface area contributed by atoms with Gasteiger partial charge in [-0.25, -0.2) is 4.57 Å². The minimum absolute atomic E-state index is 0.0301. The van der Waals surface area contributed by atoms with Crippen LogP contribution in [0.1, 0.15) is 90.4 Å². The molecule has 204 valence electrons. The number of hydrogen-bond acceptors (Lipinski definition) is 5. The van der Waals surface area contributed by atoms with Gasteiger partial charge in [0.15, 0.2) is 0 Å². The minimum atomic E-state index is -4.11. The summed E-state index contributed by atoms with van der Waals surface area (Å²) >= 11 is 0. The molecule has 0 rings (SSSR count). The molecule has 0 amide bonds. The van der Waals surface area contributed by atoms with Crippen LogP contribution in [-0.2, 0) is 23.1 Å². The van der Waals surface area contributed by atoms with Crippen molar-refractivity contribution in [3.63, 3.8) is 0 Å². The molecule has 8 heteroatoms. The zero-order valence-electron chi connectivity index (χ0n) is 22.7. The third-order valence-electron chi connectivity index (χ3n) is 5.54. The highest BCUT2D eigenvalue weighted by Gasteiger charge is 2.25. The molecule has 0 bridgehead atoms. The molecule has 0 aromatic carbocycles. The van der Waals surface area contributed by atoms with E-state index in [9.17, 15) is 9.46 Å². The summed E-state index contributed by atoms with van der Waals surface area (Å²) in [4.78, 5) is 9.97. The minimum Gasteiger partial charge on any atom is -0.379 e. The highest BCUT2D eigenvalue weighted by Crippen LogP contribution is 2.43. The van der Waals surface area contributed by atoms with E-state index in [0.29, 0.717) is 30.8 Å². The molecule has 0 aromatic rings. The van der Waals surface area contributed by atoms with Crippen molar-refractivity contribution in [1.82, 2.24) is 0 Å². The molecule has 0 saturated carbocycles. The SMILES string of the molecule is C=CCCCCO[C@H](COCCCCCCCCCCCC)COP(=O)(O)OCC[N+](C)(C)C. The Kier molecular flexibility index (Phi) is 21.8. The fourth-order valence-electron chi connectivity index (χ4n) is 3.34. The van der Waals surface area contributed by atoms with Gasteiger partial charge in [0.25, 0.3) is 0 Å². The van der Waals surface area contributed by atoms with Crippen molar-refractivity contribution >= 4 is 7.82 Å². The van der Waals surface area contributed by atoms with Crippen LogP contribution in [0.4, 0.5) is 0 Å². The topological polar surface area (TPSA) is 74.2 Å². The zero-order valence-corrected chi connectivity index (χ0v) is 23.6. The predicted molar refractivity (Wildman–Crippen MR) is 141 cm³/mol. The molecule has 0 heterocycles. The number of phosphoric ester groups is 1. The molecular weight excluding hydrogens is 453 g/mol. The summed E-state index contributed by atoms with van der Waals surface area (Å²) in [6.45, 7) is 8.29. The predicted octanol–water partition coefficient (Wildman–Crippen LogP) is 6.51. The standard InChI is InChI=1S/C26H54NO6P/c1-6-8-10-12-13-14-15-16-17-18-21-30-24-26(31-22-19-11-9-7-2)25-33-34(28,29)32-23-20-27(3,4)5/h7,26H,2,6,8-25H2,1,3-5H3/p+1/t26-/m1/s1. The Morgan fingerprint density at radius 1 is 0.824 bits per heavy atom. The van der Waals surface area contributed by atoms with Gasteiger partial charge < -0.3 is 18.9 Å². The van der Waals surface area contributed by atoms with Crippen LogP contribution in [0.15, 0.2) is 12.7 Å². The fraction of sp³-hybridized carbons (Fsp3) is 0.923. The second-order valence-corrected chi connectivity index (χ2v) is 11.6. The quantitative estimate of drug-likeness (QED) is 0.0622. The zero-order chi connectivity index (χ0) is 25.5. The Bertz CT molecular complexity index is 512. The Hall–Kier alpha value is -0.270. The lowest BCUT2D eigenvalue weighted by Gasteiger charge is -2.24. The van der Waals surface area contributed by atoms with Crippen molar-refractivity contribution in [1.29, 1.82) is 0 Å². The van der Waals surface area contributed by atoms with Crippen LogP contribution in [0.2, 0.25) is 0 Å². The van der Waals surface area contributed by atoms with Gasteiger partial charge in [0.1, 0.15) is 19.3 Å². The Labute approximate surface area is 210 Å². The summed E-state index contributed by atoms with van der Waals surface area (Å²) in [6, 6.07) is 0. The van der Waals surface area contributed by atoms with Crippen LogP contribution >= 0.6 is 7.82 Å². The molecule has 0 aliphatic carbocycles. The molecule has 0 fully saturated rings. The average Bonchev–Trinajstić information content (AvgIpc) is 2.76. The first-order valence-corrected chi connectivity index (χ1v) is 14.9. The van der Waals surface area contributed by atoms with Crippen LogP contribution in [0, 0.1) is 0 Å². The summed E-state index contributed by atoms with van der Waals surface area (Å²) < 4.78 is 34.8. The van der Waals surface area contributed by atoms with Gasteiger partial charge in [0, 0.05) is 13.2 Å². The first-order valence-electron chi connectivity index (χ1n) is 13.4. The number of rotatable bonds is 26. The highest BCUT2D eigenvalue weighted by molar-refractivity contribution is 7.47. The first-order chi connectivity index (χ1) is 16.2. The van der Waals surface area contributed by atoms with Gasteiger partial charge in [0.05, 0.1) is 34.4 Å². The normalized spacial score (nSPS) is 14.7. The monoisotopic (exact) mass is 508 g/mol. The summed E-state index contributed by atoms with van der Waals surface area (Å²) in [6.07, 6.45) is 17.2. The lowest BCUT2D eigenvalue weighted by Crippen LogP contribution is -2.37. The number of quaternary nitrogens is 1. The number of hydrogen-bond donors (Lipinski definition) is 1. The maximum atomic E-state index is 12.2. The fourth-order valence-corrected chi connectivity index (χ4v) is 4.08. The smallest absolute Gasteiger partial charge is 0.379 e. The third kappa shape index (κ3) is 24.8. The van der Waals surface area contributed by atoms with Crippen molar-refractivity contribution in [2.75, 3.05) is 60.7 Å². The largest absolute Gasteiger partial charge is 0.472 e. The molecule has 0 radical (unpaired) electrons. The van der Waals surface area contributed by atoms with Crippen LogP contribution in [0.3, 0.4) is 0 Å². The van der Waals surface area contributed by atoms with E-state index < -0.39 is 13.9 Å². The van der Waals surface area contributed by atoms with Crippen molar-refractivity contribution in [2.24, 2.45) is 0 Å². The highest BCUT2D eigenvalue weighted by atomic mass is 31.2. The molecule has 0 aliphatic heterocycles. The average molecular weight is 509 g/mol. The molecule has 0 aromatic heterocycles. The summed E-state index contributed by atoms with van der Waals surface area (Å²) in [5, 5.41) is 0. The van der Waals surface area contributed by atoms with Crippen LogP contribution in [-0.4, -0.2) is 76.2 Å². The summed E-state index contributed by atoms with van der Waals surface area (Å²) in [5.74, 6) is 0. The maximum Gasteiger partial charge on any atom is 0.472 e. The van der Waals surface area contributed by atoms with Crippen molar-refractivity contribution in [3.05, 3.63) is 12.7 Å². The number of unbranched alkanes of at least 4 members (excludes halogenated alkanes) is 11. The van der Waals surface area contributed by atoms with Gasteiger partial charge in [-0.05, 0) is 25.7 Å². The van der Waals surface area contributed by atoms with E-state index in [1.54, 1.807) is 0 Å². The van der Waals surface area contributed by atoms with E-state index in [4.69, 9.17) is 18.5 Å². The molecule has 0 saturated heterocycles. The Balaban J connectivity index is 4.10. The van der Waals surface area contributed by atoms with E-state index in [1.807, 2.05) is 27.2 Å². The number of nitrogens with zero attached hydrogens (tertiary/aromatic N) is 1. The second kappa shape index (κ2) is 22.0. The molecule has 2 atom stereocenters. The molecule has 1 unspecified atom stereocenters. The molecular formula is C26H55NO6P+. The van der Waals surface area contributed by atoms with Gasteiger partial charge in [-0.2, -0.15) is 0 Å². The van der Waals surface area contributed by atoms with Gasteiger partial charge in [-0.15, -0.1) is 6.58 Å². The molecule has 1 N–H and O–H groups in total. The lowest BCUT2D eigenvalue weighted by atomic mass is 10.1. The van der Waals surface area contributed by atoms with E-state index in [1.165, 1.54) is 57.8 Å². The van der Waals surface area contributed by atoms with Crippen LogP contribution in [0.25, 0.3) is 0 Å². The molecule has 0 aliphatic rings. The lowest BCUT2D eigenvalue weighted by molar-refractivity contribution is -0.870. The van der Waals surface area contributed by atoms with Gasteiger partial charge in [-0.1, -0.05) is 70.8 Å². The van der Waals surface area contributed by atoms with Gasteiger partial charge in [-0.3, -0.25) is 9.05 Å². The number of phosphoric acid groups is 1. The van der Waals surface area contributed by atoms with Gasteiger partial charge >= 0.3 is 7.82 Å². The molecule has 7 nitrogen and oxygen atoms in total. The first kappa shape index (κ1) is 33.7. The van der Waals surface area contributed by atoms with E-state index in [2.05, 4.69) is 13.5 Å². The van der Waals surface area contributed by atoms with Gasteiger partial charge in [0.2, 0.25) is 0 Å². The third-order valence-corrected chi connectivity index (χ3v) is 6.53. The van der Waals surface area contributed by atoms with E-state index in [-0.39, 0.29) is 13.2 Å². The summed E-state index contributed by atoms with van der Waals surface area (Å²) in [7, 11) is 1.87. The van der Waals surface area contributed by atoms with E-state index >= 15 is 0 Å². The molecule has 34 heavy (non-hydrogen) atoms. The second-order valence-electron chi connectivity index (χ2n) is 10.1. The Morgan fingerprint density at radius 2 is 1.41 bits per heavy atom. The maximum absolute atomic E-state index is 12.2. The number of ether oxygens (including phenoxy) is 2. The molecule has 0 spiro atoms. The number of likely N-dealkylation sites (N-methyl/N-ethyl adjacent to an activating group) is 1. The van der Waals surface area contributed by atoms with Crippen molar-refractivity contribution in [3.8, 4) is 0 Å². The Morgan fingerprint density at radius 3 is 2.00 bits per heavy atom. The van der Waals surface area contributed by atoms with Crippen LogP contribution < -0.4 is 0 Å². The van der Waals surface area contributed by atoms with Crippen LogP contribution in [0.5, 0.6) is 0 Å². The number of allylic oxidation sites excluding steroid dienone is 1. The van der Waals surface area contributed by atoms with Crippen molar-refractivity contribution < 1.29 is 32.5 Å². The van der Waals surface area contributed by atoms with Crippen molar-refractivity contribution in [2.45, 2.75) is 96.5 Å². The van der Waals surface area contributed by atoms with E-state index in [0.717, 1.165) is 25.7 Å².